The summed E-state index contributed by atoms with van der Waals surface area (Å²) in [5, 5.41) is 6.71. The second kappa shape index (κ2) is 1.94. The number of carbonyl (C=O) groups excluding carboxylic acids is 1. The Morgan fingerprint density at radius 2 is 2.50 bits per heavy atom. The molecule has 1 N–H and O–H groups in total. The molecule has 0 saturated carbocycles. The first-order valence-corrected chi connectivity index (χ1v) is 2.64. The number of amides is 1. The summed E-state index contributed by atoms with van der Waals surface area (Å²) in [5.74, 6) is 0.0833. The normalized spacial score (nSPS) is 19.5. The van der Waals surface area contributed by atoms with Gasteiger partial charge in [0.25, 0.3) is 0 Å². The minimum Gasteiger partial charge on any atom is -0.303 e. The molecule has 1 saturated heterocycles. The first kappa shape index (κ1) is 5.28. The van der Waals surface area contributed by atoms with E-state index in [1.165, 1.54) is 4.90 Å². The lowest BCUT2D eigenvalue weighted by Crippen LogP contribution is -2.21. The molecule has 0 unspecified atom stereocenters. The molecule has 0 aromatic rings. The van der Waals surface area contributed by atoms with E-state index < -0.39 is 0 Å². The molecule has 0 aromatic heterocycles. The summed E-state index contributed by atoms with van der Waals surface area (Å²) in [4.78, 5) is 12.0. The molecule has 1 aliphatic rings. The Morgan fingerprint density at radius 3 is 2.75 bits per heavy atom. The van der Waals surface area contributed by atoms with Gasteiger partial charge in [0.2, 0.25) is 5.91 Å². The molecule has 0 atom stereocenters. The molecule has 0 radical (unpaired) electrons. The van der Waals surface area contributed by atoms with E-state index in [4.69, 9.17) is 5.41 Å². The van der Waals surface area contributed by atoms with Gasteiger partial charge in [-0.2, -0.15) is 0 Å². The van der Waals surface area contributed by atoms with E-state index in [-0.39, 0.29) is 5.91 Å². The van der Waals surface area contributed by atoms with Crippen LogP contribution in [0.4, 0.5) is 0 Å². The van der Waals surface area contributed by atoms with Crippen molar-refractivity contribution in [2.45, 2.75) is 12.8 Å². The minimum atomic E-state index is 0.0833. The van der Waals surface area contributed by atoms with Crippen molar-refractivity contribution in [2.24, 2.45) is 0 Å². The second-order valence-electron chi connectivity index (χ2n) is 1.82. The lowest BCUT2D eigenvalue weighted by atomic mass is 10.4. The van der Waals surface area contributed by atoms with Crippen LogP contribution in [0.25, 0.3) is 0 Å². The summed E-state index contributed by atoms with van der Waals surface area (Å²) in [6.45, 7) is 0.738. The molecule has 0 aliphatic carbocycles. The van der Waals surface area contributed by atoms with Crippen LogP contribution in [-0.2, 0) is 4.79 Å². The van der Waals surface area contributed by atoms with E-state index in [9.17, 15) is 4.79 Å². The average molecular weight is 112 g/mol. The van der Waals surface area contributed by atoms with Crippen molar-refractivity contribution < 1.29 is 4.79 Å². The highest BCUT2D eigenvalue weighted by Gasteiger charge is 2.16. The lowest BCUT2D eigenvalue weighted by molar-refractivity contribution is -0.124. The Balaban J connectivity index is 2.54. The van der Waals surface area contributed by atoms with Crippen LogP contribution in [0.2, 0.25) is 0 Å². The smallest absolute Gasteiger partial charge is 0.227 e. The van der Waals surface area contributed by atoms with Gasteiger partial charge in [0.15, 0.2) is 0 Å². The van der Waals surface area contributed by atoms with E-state index in [0.29, 0.717) is 6.42 Å². The molecule has 1 aliphatic heterocycles. The molecule has 8 heavy (non-hydrogen) atoms. The van der Waals surface area contributed by atoms with Crippen LogP contribution in [-0.4, -0.2) is 23.7 Å². The highest BCUT2D eigenvalue weighted by Crippen LogP contribution is 2.05. The number of likely N-dealkylation sites (tertiary alicyclic amines) is 1. The molecular formula is C5H8N2O. The van der Waals surface area contributed by atoms with Crippen LogP contribution in [0, 0.1) is 5.41 Å². The van der Waals surface area contributed by atoms with Gasteiger partial charge in [0.1, 0.15) is 0 Å². The monoisotopic (exact) mass is 112 g/mol. The van der Waals surface area contributed by atoms with Crippen molar-refractivity contribution in [3.05, 3.63) is 0 Å². The molecule has 1 rings (SSSR count). The predicted molar refractivity (Wildman–Crippen MR) is 29.7 cm³/mol. The van der Waals surface area contributed by atoms with Crippen molar-refractivity contribution in [3.63, 3.8) is 0 Å². The Morgan fingerprint density at radius 1 is 1.75 bits per heavy atom. The van der Waals surface area contributed by atoms with Crippen LogP contribution in [0.1, 0.15) is 12.8 Å². The topological polar surface area (TPSA) is 44.2 Å². The number of nitrogens with one attached hydrogen (secondary N) is 1. The van der Waals surface area contributed by atoms with Crippen LogP contribution in [0.3, 0.4) is 0 Å². The summed E-state index contributed by atoms with van der Waals surface area (Å²) < 4.78 is 0. The molecular weight excluding hydrogens is 104 g/mol. The van der Waals surface area contributed by atoms with Gasteiger partial charge < -0.3 is 4.90 Å². The predicted octanol–water partition coefficient (Wildman–Crippen LogP) is 0.216. The van der Waals surface area contributed by atoms with Crippen molar-refractivity contribution in [3.8, 4) is 0 Å². The lowest BCUT2D eigenvalue weighted by Gasteiger charge is -2.03. The van der Waals surface area contributed by atoms with Crippen molar-refractivity contribution in [1.29, 1.82) is 5.41 Å². The average Bonchev–Trinajstić information content (AvgIpc) is 2.14. The summed E-state index contributed by atoms with van der Waals surface area (Å²) in [6.07, 6.45) is 2.62. The van der Waals surface area contributed by atoms with Crippen LogP contribution in [0.15, 0.2) is 0 Å². The van der Waals surface area contributed by atoms with Crippen LogP contribution < -0.4 is 0 Å². The van der Waals surface area contributed by atoms with Crippen molar-refractivity contribution in [2.75, 3.05) is 6.54 Å². The molecule has 1 amide bonds. The van der Waals surface area contributed by atoms with Gasteiger partial charge in [-0.3, -0.25) is 10.2 Å². The van der Waals surface area contributed by atoms with Crippen LogP contribution >= 0.6 is 0 Å². The van der Waals surface area contributed by atoms with E-state index in [0.717, 1.165) is 19.3 Å². The van der Waals surface area contributed by atoms with Gasteiger partial charge in [-0.15, -0.1) is 0 Å². The maximum Gasteiger partial charge on any atom is 0.227 e. The first-order valence-electron chi connectivity index (χ1n) is 2.64. The standard InChI is InChI=1S/C5H8N2O/c6-4-7-3-1-2-5(7)8/h4,6H,1-3H2. The first-order chi connectivity index (χ1) is 3.84. The summed E-state index contributed by atoms with van der Waals surface area (Å²) in [7, 11) is 0. The molecule has 0 bridgehead atoms. The largest absolute Gasteiger partial charge is 0.303 e. The van der Waals surface area contributed by atoms with Gasteiger partial charge in [-0.1, -0.05) is 0 Å². The molecule has 1 heterocycles. The molecule has 1 fully saturated rings. The summed E-state index contributed by atoms with van der Waals surface area (Å²) in [6, 6.07) is 0. The molecule has 0 spiro atoms. The van der Waals surface area contributed by atoms with Crippen molar-refractivity contribution in [1.82, 2.24) is 4.90 Å². The quantitative estimate of drug-likeness (QED) is 0.382. The third-order valence-corrected chi connectivity index (χ3v) is 1.27. The highest BCUT2D eigenvalue weighted by atomic mass is 16.2. The van der Waals surface area contributed by atoms with Gasteiger partial charge in [0, 0.05) is 13.0 Å². The van der Waals surface area contributed by atoms with Gasteiger partial charge in [-0.25, -0.2) is 0 Å². The van der Waals surface area contributed by atoms with Gasteiger partial charge >= 0.3 is 0 Å². The molecule has 44 valence electrons. The van der Waals surface area contributed by atoms with Gasteiger partial charge in [0.05, 0.1) is 6.34 Å². The van der Waals surface area contributed by atoms with Crippen molar-refractivity contribution >= 4 is 12.2 Å². The Kier molecular flexibility index (Phi) is 1.28. The number of hydrogen-bond donors (Lipinski definition) is 1. The number of rotatable bonds is 1. The Hall–Kier alpha value is -0.860. The second-order valence-corrected chi connectivity index (χ2v) is 1.82. The third-order valence-electron chi connectivity index (χ3n) is 1.27. The van der Waals surface area contributed by atoms with E-state index in [1.807, 2.05) is 0 Å². The Labute approximate surface area is 47.8 Å². The maximum atomic E-state index is 10.6. The summed E-state index contributed by atoms with van der Waals surface area (Å²) >= 11 is 0. The van der Waals surface area contributed by atoms with E-state index >= 15 is 0 Å². The third kappa shape index (κ3) is 0.710. The van der Waals surface area contributed by atoms with E-state index in [2.05, 4.69) is 0 Å². The zero-order chi connectivity index (χ0) is 5.98. The number of nitrogens with zero attached hydrogens (tertiary/aromatic N) is 1. The highest BCUT2D eigenvalue weighted by molar-refractivity contribution is 5.88. The zero-order valence-electron chi connectivity index (χ0n) is 4.55. The number of carbonyl (C=O) groups is 1. The minimum absolute atomic E-state index is 0.0833. The fourth-order valence-corrected chi connectivity index (χ4v) is 0.805. The molecule has 3 nitrogen and oxygen atoms in total. The zero-order valence-corrected chi connectivity index (χ0v) is 4.55. The fourth-order valence-electron chi connectivity index (χ4n) is 0.805. The summed E-state index contributed by atoms with van der Waals surface area (Å²) in [5.41, 5.74) is 0. The maximum absolute atomic E-state index is 10.6. The number of hydrogen-bond acceptors (Lipinski definition) is 2. The SMILES string of the molecule is N=CN1CCCC1=O. The molecule has 0 aromatic carbocycles. The van der Waals surface area contributed by atoms with Gasteiger partial charge in [-0.05, 0) is 6.42 Å². The Bertz CT molecular complexity index is 122. The molecule has 3 heteroatoms. The van der Waals surface area contributed by atoms with Crippen LogP contribution in [0.5, 0.6) is 0 Å². The van der Waals surface area contributed by atoms with E-state index in [1.54, 1.807) is 0 Å². The fraction of sp³-hybridized carbons (Fsp3) is 0.600.